The van der Waals surface area contributed by atoms with Crippen LogP contribution in [0.1, 0.15) is 21.7 Å². The number of aryl methyl sites for hydroxylation is 3. The van der Waals surface area contributed by atoms with Crippen molar-refractivity contribution in [3.63, 3.8) is 0 Å². The zero-order valence-corrected chi connectivity index (χ0v) is 24.5. The second-order valence-corrected chi connectivity index (χ2v) is 10.4. The van der Waals surface area contributed by atoms with Crippen molar-refractivity contribution < 1.29 is 19.4 Å². The number of rotatable bonds is 7. The van der Waals surface area contributed by atoms with Gasteiger partial charge in [-0.15, -0.1) is 0 Å². The van der Waals surface area contributed by atoms with E-state index in [1.165, 1.54) is 4.90 Å². The molecule has 0 aliphatic carbocycles. The number of amides is 1. The van der Waals surface area contributed by atoms with Gasteiger partial charge in [-0.3, -0.25) is 14.8 Å². The summed E-state index contributed by atoms with van der Waals surface area (Å²) in [6, 6.07) is 5.76. The summed E-state index contributed by atoms with van der Waals surface area (Å²) in [6.45, 7) is 6.60. The lowest BCUT2D eigenvalue weighted by molar-refractivity contribution is 0.0757. The number of fused-ring (bicyclic) bond motifs is 2. The maximum atomic E-state index is 13.5. The van der Waals surface area contributed by atoms with Crippen molar-refractivity contribution in [2.24, 2.45) is 7.05 Å². The molecular weight excluding hydrogens is 536 g/mol. The van der Waals surface area contributed by atoms with E-state index in [1.54, 1.807) is 32.7 Å². The Bertz CT molecular complexity index is 1800. The Morgan fingerprint density at radius 1 is 1.14 bits per heavy atom. The van der Waals surface area contributed by atoms with E-state index in [0.717, 1.165) is 50.1 Å². The van der Waals surface area contributed by atoms with Gasteiger partial charge < -0.3 is 28.9 Å². The number of pyridine rings is 3. The average Bonchev–Trinajstić information content (AvgIpc) is 3.55. The lowest BCUT2D eigenvalue weighted by Gasteiger charge is -2.29. The molecule has 0 spiro atoms. The second-order valence-electron chi connectivity index (χ2n) is 10.4. The Balaban J connectivity index is 1.58. The molecule has 1 aliphatic rings. The molecule has 6 heterocycles. The Hall–Kier alpha value is -4.55. The number of likely N-dealkylation sites (N-methyl/N-ethyl adjacent to an activating group) is 1. The van der Waals surface area contributed by atoms with Crippen molar-refractivity contribution in [3.8, 4) is 22.8 Å². The van der Waals surface area contributed by atoms with E-state index in [4.69, 9.17) is 24.5 Å². The molecule has 1 fully saturated rings. The number of nitrogens with zero attached hydrogens (tertiary/aromatic N) is 8. The van der Waals surface area contributed by atoms with E-state index in [-0.39, 0.29) is 19.1 Å². The van der Waals surface area contributed by atoms with E-state index in [9.17, 15) is 9.90 Å². The van der Waals surface area contributed by atoms with Crippen LogP contribution in [0.4, 0.5) is 5.82 Å². The number of anilines is 1. The normalized spacial score (nSPS) is 13.7. The highest BCUT2D eigenvalue weighted by Gasteiger charge is 2.27. The lowest BCUT2D eigenvalue weighted by atomic mass is 10.1. The fourth-order valence-electron chi connectivity index (χ4n) is 5.72. The van der Waals surface area contributed by atoms with E-state index in [0.29, 0.717) is 43.6 Å². The predicted molar refractivity (Wildman–Crippen MR) is 159 cm³/mol. The minimum absolute atomic E-state index is 0.108. The highest BCUT2D eigenvalue weighted by Crippen LogP contribution is 2.36. The van der Waals surface area contributed by atoms with Crippen LogP contribution < -0.4 is 9.64 Å². The molecule has 1 N–H and O–H groups in total. The summed E-state index contributed by atoms with van der Waals surface area (Å²) < 4.78 is 15.0. The van der Waals surface area contributed by atoms with Gasteiger partial charge in [-0.1, -0.05) is 0 Å². The molecule has 5 aromatic rings. The number of aliphatic hydroxyl groups is 1. The van der Waals surface area contributed by atoms with Crippen LogP contribution in [0.5, 0.6) is 5.75 Å². The minimum atomic E-state index is -0.156. The number of hydrogen-bond donors (Lipinski definition) is 1. The maximum Gasteiger partial charge on any atom is 0.270 e. The van der Waals surface area contributed by atoms with Crippen LogP contribution in [0.2, 0.25) is 0 Å². The molecule has 1 amide bonds. The van der Waals surface area contributed by atoms with Crippen molar-refractivity contribution in [2.45, 2.75) is 13.8 Å². The van der Waals surface area contributed by atoms with E-state index >= 15 is 0 Å². The van der Waals surface area contributed by atoms with Crippen LogP contribution in [-0.4, -0.2) is 98.8 Å². The molecule has 0 bridgehead atoms. The SMILES string of the molecule is COc1ccncc1-c1cc2c(cnn2-c2cc3c(c(N4CCOCC4)n2)c(C)c(C(=O)N(C)CCO)n3C)c(C)n1. The Labute approximate surface area is 243 Å². The van der Waals surface area contributed by atoms with Gasteiger partial charge in [-0.2, -0.15) is 5.10 Å². The Morgan fingerprint density at radius 2 is 1.93 bits per heavy atom. The molecule has 5 aromatic heterocycles. The lowest BCUT2D eigenvalue weighted by Crippen LogP contribution is -2.37. The maximum absolute atomic E-state index is 13.5. The number of carbonyl (C=O) groups excluding carboxylic acids is 1. The zero-order chi connectivity index (χ0) is 29.5. The van der Waals surface area contributed by atoms with Crippen LogP contribution in [0.25, 0.3) is 38.9 Å². The first-order chi connectivity index (χ1) is 20.3. The summed E-state index contributed by atoms with van der Waals surface area (Å²) in [6.07, 6.45) is 5.23. The Morgan fingerprint density at radius 3 is 2.67 bits per heavy atom. The number of methoxy groups -OCH3 is 1. The zero-order valence-electron chi connectivity index (χ0n) is 24.5. The minimum Gasteiger partial charge on any atom is -0.496 e. The molecule has 6 rings (SSSR count). The van der Waals surface area contributed by atoms with Gasteiger partial charge in [0.25, 0.3) is 5.91 Å². The topological polar surface area (TPSA) is 124 Å². The predicted octanol–water partition coefficient (Wildman–Crippen LogP) is 2.90. The van der Waals surface area contributed by atoms with Gasteiger partial charge in [0, 0.05) is 68.7 Å². The summed E-state index contributed by atoms with van der Waals surface area (Å²) in [5.41, 5.74) is 5.43. The monoisotopic (exact) mass is 570 g/mol. The number of morpholine rings is 1. The molecule has 0 atom stereocenters. The van der Waals surface area contributed by atoms with Crippen LogP contribution >= 0.6 is 0 Å². The highest BCUT2D eigenvalue weighted by molar-refractivity contribution is 6.05. The molecule has 0 radical (unpaired) electrons. The summed E-state index contributed by atoms with van der Waals surface area (Å²) in [5.74, 6) is 1.93. The summed E-state index contributed by atoms with van der Waals surface area (Å²) >= 11 is 0. The quantitative estimate of drug-likeness (QED) is 0.315. The molecule has 1 saturated heterocycles. The standard InChI is InChI=1S/C30H34N8O4/c1-18-27-24(36(4)28(18)30(40)35(3)8-11-39)15-26(34-29(27)37-9-12-42-13-10-37)38-23-14-22(33-19(2)20(23)17-32-38)21-16-31-7-6-25(21)41-5/h6-7,14-17,39H,8-13H2,1-5H3. The smallest absolute Gasteiger partial charge is 0.270 e. The fraction of sp³-hybridized carbons (Fsp3) is 0.367. The second kappa shape index (κ2) is 11.0. The average molecular weight is 571 g/mol. The van der Waals surface area contributed by atoms with Gasteiger partial charge >= 0.3 is 0 Å². The molecular formula is C30H34N8O4. The first kappa shape index (κ1) is 27.6. The van der Waals surface area contributed by atoms with Crippen LogP contribution in [0.15, 0.2) is 36.8 Å². The third-order valence-electron chi connectivity index (χ3n) is 7.94. The number of hydrogen-bond acceptors (Lipinski definition) is 9. The number of ether oxygens (including phenoxy) is 2. The van der Waals surface area contributed by atoms with Crippen LogP contribution in [0.3, 0.4) is 0 Å². The van der Waals surface area contributed by atoms with Crippen molar-refractivity contribution in [2.75, 3.05) is 58.5 Å². The molecule has 218 valence electrons. The van der Waals surface area contributed by atoms with E-state index < -0.39 is 0 Å². The van der Waals surface area contributed by atoms with E-state index in [2.05, 4.69) is 9.88 Å². The first-order valence-electron chi connectivity index (χ1n) is 13.9. The highest BCUT2D eigenvalue weighted by atomic mass is 16.5. The van der Waals surface area contributed by atoms with Gasteiger partial charge in [0.2, 0.25) is 0 Å². The molecule has 42 heavy (non-hydrogen) atoms. The summed E-state index contributed by atoms with van der Waals surface area (Å²) in [4.78, 5) is 31.5. The molecule has 0 saturated carbocycles. The van der Waals surface area contributed by atoms with E-state index in [1.807, 2.05) is 48.3 Å². The number of aromatic nitrogens is 6. The molecule has 12 heteroatoms. The largest absolute Gasteiger partial charge is 0.496 e. The number of aliphatic hydroxyl groups excluding tert-OH is 1. The van der Waals surface area contributed by atoms with Crippen LogP contribution in [0, 0.1) is 13.8 Å². The fourth-order valence-corrected chi connectivity index (χ4v) is 5.72. The molecule has 12 nitrogen and oxygen atoms in total. The van der Waals surface area contributed by atoms with Gasteiger partial charge in [-0.05, 0) is 31.5 Å². The van der Waals surface area contributed by atoms with Crippen molar-refractivity contribution >= 4 is 33.5 Å². The van der Waals surface area contributed by atoms with Crippen molar-refractivity contribution in [1.82, 2.24) is 34.2 Å². The third-order valence-corrected chi connectivity index (χ3v) is 7.94. The number of carbonyl (C=O) groups is 1. The van der Waals surface area contributed by atoms with Crippen molar-refractivity contribution in [1.29, 1.82) is 0 Å². The molecule has 1 aliphatic heterocycles. The summed E-state index contributed by atoms with van der Waals surface area (Å²) in [7, 11) is 5.22. The summed E-state index contributed by atoms with van der Waals surface area (Å²) in [5, 5.41) is 16.0. The Kier molecular flexibility index (Phi) is 7.25. The van der Waals surface area contributed by atoms with Gasteiger partial charge in [0.05, 0.1) is 55.4 Å². The third kappa shape index (κ3) is 4.52. The molecule has 0 unspecified atom stereocenters. The van der Waals surface area contributed by atoms with Gasteiger partial charge in [-0.25, -0.2) is 9.67 Å². The van der Waals surface area contributed by atoms with Gasteiger partial charge in [0.15, 0.2) is 5.82 Å². The molecule has 0 aromatic carbocycles. The van der Waals surface area contributed by atoms with Crippen molar-refractivity contribution in [3.05, 3.63) is 53.7 Å². The van der Waals surface area contributed by atoms with Crippen LogP contribution in [-0.2, 0) is 11.8 Å². The van der Waals surface area contributed by atoms with Gasteiger partial charge in [0.1, 0.15) is 17.3 Å². The first-order valence-corrected chi connectivity index (χ1v) is 13.9.